The molecule has 32 heavy (non-hydrogen) atoms. The Hall–Kier alpha value is -3.07. The largest absolute Gasteiger partial charge is 0.394 e. The Morgan fingerprint density at radius 2 is 2.06 bits per heavy atom. The molecule has 2 heterocycles. The van der Waals surface area contributed by atoms with Crippen LogP contribution >= 0.6 is 11.6 Å². The van der Waals surface area contributed by atoms with Crippen LogP contribution in [0, 0.1) is 5.82 Å². The van der Waals surface area contributed by atoms with Gasteiger partial charge in [-0.25, -0.2) is 4.39 Å². The number of rotatable bonds is 6. The molecule has 9 heteroatoms. The van der Waals surface area contributed by atoms with Crippen molar-refractivity contribution in [1.82, 2.24) is 15.1 Å². The molecule has 4 rings (SSSR count). The van der Waals surface area contributed by atoms with Crippen molar-refractivity contribution in [2.24, 2.45) is 0 Å². The fraction of sp³-hybridized carbons (Fsp3) is 0.261. The summed E-state index contributed by atoms with van der Waals surface area (Å²) < 4.78 is 20.4. The topological polar surface area (TPSA) is 93.4 Å². The predicted octanol–water partition coefficient (Wildman–Crippen LogP) is 2.96. The number of carbonyl (C=O) groups is 1. The highest BCUT2D eigenvalue weighted by atomic mass is 35.5. The van der Waals surface area contributed by atoms with Gasteiger partial charge in [0.2, 0.25) is 0 Å². The van der Waals surface area contributed by atoms with E-state index in [-0.39, 0.29) is 24.0 Å². The van der Waals surface area contributed by atoms with E-state index in [0.717, 1.165) is 17.2 Å². The van der Waals surface area contributed by atoms with Crippen LogP contribution in [-0.2, 0) is 4.74 Å². The minimum Gasteiger partial charge on any atom is -0.394 e. The SMILES string of the molecule is O=C(NC(CO)[C@H]1CCCO1)c1cc(-c2ccc(Cl)cc2)nn(-c2cccc(F)c2)c1=O. The maximum Gasteiger partial charge on any atom is 0.284 e. The maximum atomic E-state index is 13.8. The number of nitrogens with one attached hydrogen (secondary N) is 1. The first-order valence-corrected chi connectivity index (χ1v) is 10.5. The summed E-state index contributed by atoms with van der Waals surface area (Å²) in [6.45, 7) is 0.225. The first-order valence-electron chi connectivity index (χ1n) is 10.2. The third-order valence-electron chi connectivity index (χ3n) is 5.28. The van der Waals surface area contributed by atoms with E-state index in [1.807, 2.05) is 0 Å². The van der Waals surface area contributed by atoms with E-state index in [9.17, 15) is 19.1 Å². The molecule has 2 atom stereocenters. The molecule has 0 radical (unpaired) electrons. The molecule has 0 saturated carbocycles. The molecule has 1 saturated heterocycles. The Morgan fingerprint density at radius 3 is 2.72 bits per heavy atom. The maximum absolute atomic E-state index is 13.8. The molecule has 1 fully saturated rings. The van der Waals surface area contributed by atoms with Crippen LogP contribution in [-0.4, -0.2) is 46.2 Å². The van der Waals surface area contributed by atoms with Gasteiger partial charge in [-0.1, -0.05) is 29.8 Å². The van der Waals surface area contributed by atoms with Crippen molar-refractivity contribution in [1.29, 1.82) is 0 Å². The highest BCUT2D eigenvalue weighted by molar-refractivity contribution is 6.30. The van der Waals surface area contributed by atoms with Crippen molar-refractivity contribution in [3.05, 3.63) is 81.4 Å². The normalized spacial score (nSPS) is 16.7. The fourth-order valence-corrected chi connectivity index (χ4v) is 3.75. The van der Waals surface area contributed by atoms with E-state index < -0.39 is 23.3 Å². The minimum absolute atomic E-state index is 0.178. The molecule has 1 unspecified atom stereocenters. The van der Waals surface area contributed by atoms with Crippen LogP contribution in [0.25, 0.3) is 16.9 Å². The van der Waals surface area contributed by atoms with Crippen LogP contribution in [0.2, 0.25) is 5.02 Å². The number of benzene rings is 2. The standard InChI is InChI=1S/C23H21ClFN3O4/c24-15-8-6-14(7-9-15)19-12-18(22(30)26-20(13-29)21-5-2-10-32-21)23(31)28(27-19)17-4-1-3-16(25)11-17/h1,3-4,6-9,11-12,20-21,29H,2,5,10,13H2,(H,26,30)/t20?,21-/m1/s1. The Morgan fingerprint density at radius 1 is 1.28 bits per heavy atom. The number of ether oxygens (including phenoxy) is 1. The monoisotopic (exact) mass is 457 g/mol. The van der Waals surface area contributed by atoms with Crippen molar-refractivity contribution >= 4 is 17.5 Å². The summed E-state index contributed by atoms with van der Waals surface area (Å²) in [5.74, 6) is -1.22. The number of aliphatic hydroxyl groups excluding tert-OH is 1. The molecular weight excluding hydrogens is 437 g/mol. The number of amides is 1. The van der Waals surface area contributed by atoms with Gasteiger partial charge in [0.1, 0.15) is 11.4 Å². The van der Waals surface area contributed by atoms with E-state index in [0.29, 0.717) is 29.3 Å². The fourth-order valence-electron chi connectivity index (χ4n) is 3.62. The molecule has 1 amide bonds. The molecule has 0 aliphatic carbocycles. The van der Waals surface area contributed by atoms with Crippen molar-refractivity contribution in [3.8, 4) is 16.9 Å². The third kappa shape index (κ3) is 4.72. The van der Waals surface area contributed by atoms with Crippen LogP contribution < -0.4 is 10.9 Å². The molecule has 1 aliphatic heterocycles. The number of carbonyl (C=O) groups excluding carboxylic acids is 1. The molecule has 166 valence electrons. The van der Waals surface area contributed by atoms with Crippen molar-refractivity contribution in [3.63, 3.8) is 0 Å². The summed E-state index contributed by atoms with van der Waals surface area (Å²) >= 11 is 5.97. The number of aromatic nitrogens is 2. The number of aliphatic hydroxyl groups is 1. The summed E-state index contributed by atoms with van der Waals surface area (Å²) in [5.41, 5.74) is 0.220. The van der Waals surface area contributed by atoms with Gasteiger partial charge in [0.25, 0.3) is 11.5 Å². The highest BCUT2D eigenvalue weighted by Gasteiger charge is 2.28. The van der Waals surface area contributed by atoms with Crippen molar-refractivity contribution < 1.29 is 19.0 Å². The van der Waals surface area contributed by atoms with Gasteiger partial charge in [-0.05, 0) is 49.2 Å². The second kappa shape index (κ2) is 9.60. The van der Waals surface area contributed by atoms with Crippen LogP contribution in [0.1, 0.15) is 23.2 Å². The number of hydrogen-bond donors (Lipinski definition) is 2. The lowest BCUT2D eigenvalue weighted by Gasteiger charge is -2.22. The van der Waals surface area contributed by atoms with Gasteiger partial charge in [-0.3, -0.25) is 9.59 Å². The van der Waals surface area contributed by atoms with Gasteiger partial charge in [-0.15, -0.1) is 0 Å². The molecule has 2 aromatic carbocycles. The first-order chi connectivity index (χ1) is 15.5. The Labute approximate surface area is 188 Å². The van der Waals surface area contributed by atoms with Crippen LogP contribution in [0.5, 0.6) is 0 Å². The summed E-state index contributed by atoms with van der Waals surface area (Å²) in [6, 6.07) is 12.8. The van der Waals surface area contributed by atoms with E-state index >= 15 is 0 Å². The predicted molar refractivity (Wildman–Crippen MR) is 118 cm³/mol. The summed E-state index contributed by atoms with van der Waals surface area (Å²) in [4.78, 5) is 26.2. The highest BCUT2D eigenvalue weighted by Crippen LogP contribution is 2.21. The van der Waals surface area contributed by atoms with Gasteiger partial charge in [0.15, 0.2) is 0 Å². The lowest BCUT2D eigenvalue weighted by atomic mass is 10.1. The number of hydrogen-bond acceptors (Lipinski definition) is 5. The number of halogens is 2. The van der Waals surface area contributed by atoms with Gasteiger partial charge in [-0.2, -0.15) is 9.78 Å². The molecule has 1 aromatic heterocycles. The quantitative estimate of drug-likeness (QED) is 0.593. The van der Waals surface area contributed by atoms with Gasteiger partial charge in [0.05, 0.1) is 30.1 Å². The van der Waals surface area contributed by atoms with Crippen LogP contribution in [0.4, 0.5) is 4.39 Å². The van der Waals surface area contributed by atoms with E-state index in [1.165, 1.54) is 24.3 Å². The smallest absolute Gasteiger partial charge is 0.284 e. The molecule has 3 aromatic rings. The zero-order valence-corrected chi connectivity index (χ0v) is 17.8. The summed E-state index contributed by atoms with van der Waals surface area (Å²) in [6.07, 6.45) is 1.21. The van der Waals surface area contributed by atoms with Gasteiger partial charge < -0.3 is 15.2 Å². The molecule has 2 N–H and O–H groups in total. The Balaban J connectivity index is 1.78. The van der Waals surface area contributed by atoms with E-state index in [4.69, 9.17) is 16.3 Å². The molecular formula is C23H21ClFN3O4. The van der Waals surface area contributed by atoms with Crippen LogP contribution in [0.3, 0.4) is 0 Å². The van der Waals surface area contributed by atoms with E-state index in [2.05, 4.69) is 10.4 Å². The molecule has 1 aliphatic rings. The minimum atomic E-state index is -0.713. The zero-order valence-electron chi connectivity index (χ0n) is 17.0. The van der Waals surface area contributed by atoms with Crippen molar-refractivity contribution in [2.75, 3.05) is 13.2 Å². The van der Waals surface area contributed by atoms with E-state index in [1.54, 1.807) is 24.3 Å². The molecule has 0 bridgehead atoms. The van der Waals surface area contributed by atoms with Gasteiger partial charge in [0, 0.05) is 17.2 Å². The third-order valence-corrected chi connectivity index (χ3v) is 5.53. The lowest BCUT2D eigenvalue weighted by Crippen LogP contribution is -2.47. The zero-order chi connectivity index (χ0) is 22.7. The average molecular weight is 458 g/mol. The Kier molecular flexibility index (Phi) is 6.64. The molecule has 0 spiro atoms. The summed E-state index contributed by atoms with van der Waals surface area (Å²) in [7, 11) is 0. The Bertz CT molecular complexity index is 1180. The van der Waals surface area contributed by atoms with Crippen molar-refractivity contribution in [2.45, 2.75) is 25.0 Å². The van der Waals surface area contributed by atoms with Gasteiger partial charge >= 0.3 is 0 Å². The second-order valence-corrected chi connectivity index (χ2v) is 7.90. The van der Waals surface area contributed by atoms with Crippen LogP contribution in [0.15, 0.2) is 59.4 Å². The molecule has 7 nitrogen and oxygen atoms in total. The summed E-state index contributed by atoms with van der Waals surface area (Å²) in [5, 5.41) is 17.3. The first kappa shape index (κ1) is 22.1. The number of nitrogens with zero attached hydrogens (tertiary/aromatic N) is 2. The second-order valence-electron chi connectivity index (χ2n) is 7.46. The average Bonchev–Trinajstić information content (AvgIpc) is 3.33. The lowest BCUT2D eigenvalue weighted by molar-refractivity contribution is 0.0502.